The molecule has 1 aromatic carbocycles. The summed E-state index contributed by atoms with van der Waals surface area (Å²) >= 11 is 0. The molecule has 0 bridgehead atoms. The van der Waals surface area contributed by atoms with Gasteiger partial charge < -0.3 is 10.8 Å². The second-order valence-electron chi connectivity index (χ2n) is 5.19. The highest BCUT2D eigenvalue weighted by atomic mass is 32.2. The van der Waals surface area contributed by atoms with E-state index in [-0.39, 0.29) is 16.5 Å². The number of aliphatic hydroxyl groups excluding tert-OH is 1. The number of sulfonamides is 1. The molecule has 2 atom stereocenters. The lowest BCUT2D eigenvalue weighted by molar-refractivity contribution is 0.133. The van der Waals surface area contributed by atoms with Gasteiger partial charge in [-0.25, -0.2) is 8.42 Å². The van der Waals surface area contributed by atoms with E-state index in [1.54, 1.807) is 25.1 Å². The molecule has 1 saturated heterocycles. The first-order valence-corrected chi connectivity index (χ1v) is 7.80. The first kappa shape index (κ1) is 14.3. The predicted octanol–water partition coefficient (Wildman–Crippen LogP) is 0.969. The summed E-state index contributed by atoms with van der Waals surface area (Å²) in [7, 11) is -3.56. The van der Waals surface area contributed by atoms with Crippen molar-refractivity contribution in [2.45, 2.75) is 31.3 Å². The fourth-order valence-corrected chi connectivity index (χ4v) is 4.02. The highest BCUT2D eigenvalue weighted by molar-refractivity contribution is 7.89. The lowest BCUT2D eigenvalue weighted by Gasteiger charge is -2.19. The topological polar surface area (TPSA) is 83.6 Å². The molecule has 0 aromatic heterocycles. The molecule has 1 aliphatic rings. The van der Waals surface area contributed by atoms with Crippen LogP contribution >= 0.6 is 0 Å². The Morgan fingerprint density at radius 2 is 2.16 bits per heavy atom. The van der Waals surface area contributed by atoms with Gasteiger partial charge in [-0.3, -0.25) is 0 Å². The van der Waals surface area contributed by atoms with Gasteiger partial charge in [0.25, 0.3) is 0 Å². The van der Waals surface area contributed by atoms with Crippen molar-refractivity contribution in [3.8, 4) is 0 Å². The van der Waals surface area contributed by atoms with Gasteiger partial charge in [0.1, 0.15) is 4.90 Å². The minimum absolute atomic E-state index is 0.00134. The van der Waals surface area contributed by atoms with Gasteiger partial charge in [-0.2, -0.15) is 4.31 Å². The van der Waals surface area contributed by atoms with E-state index < -0.39 is 16.1 Å². The number of hydrogen-bond donors (Lipinski definition) is 2. The van der Waals surface area contributed by atoms with Crippen LogP contribution < -0.4 is 5.73 Å². The zero-order chi connectivity index (χ0) is 14.2. The average Bonchev–Trinajstić information content (AvgIpc) is 2.78. The Balaban J connectivity index is 2.29. The van der Waals surface area contributed by atoms with E-state index >= 15 is 0 Å². The Hall–Kier alpha value is -1.11. The first-order valence-electron chi connectivity index (χ1n) is 6.36. The first-order chi connectivity index (χ1) is 8.82. The van der Waals surface area contributed by atoms with E-state index in [2.05, 4.69) is 0 Å². The van der Waals surface area contributed by atoms with Crippen molar-refractivity contribution in [2.75, 3.05) is 18.8 Å². The molecule has 2 unspecified atom stereocenters. The lowest BCUT2D eigenvalue weighted by atomic mass is 10.0. The number of nitrogens with zero attached hydrogens (tertiary/aromatic N) is 1. The summed E-state index contributed by atoms with van der Waals surface area (Å²) in [5, 5.41) is 9.55. The van der Waals surface area contributed by atoms with Gasteiger partial charge in [0.15, 0.2) is 0 Å². The van der Waals surface area contributed by atoms with Gasteiger partial charge >= 0.3 is 0 Å². The molecular formula is C13H20N2O3S. The number of benzene rings is 1. The second-order valence-corrected chi connectivity index (χ2v) is 7.10. The number of rotatable bonds is 3. The van der Waals surface area contributed by atoms with Crippen molar-refractivity contribution in [2.24, 2.45) is 5.92 Å². The summed E-state index contributed by atoms with van der Waals surface area (Å²) in [5.41, 5.74) is 7.02. The van der Waals surface area contributed by atoms with Crippen LogP contribution in [0.5, 0.6) is 0 Å². The fourth-order valence-electron chi connectivity index (χ4n) is 2.41. The highest BCUT2D eigenvalue weighted by Gasteiger charge is 2.35. The summed E-state index contributed by atoms with van der Waals surface area (Å²) in [6.45, 7) is 4.35. The van der Waals surface area contributed by atoms with E-state index in [0.29, 0.717) is 19.5 Å². The van der Waals surface area contributed by atoms with E-state index in [1.165, 1.54) is 4.31 Å². The Morgan fingerprint density at radius 1 is 1.47 bits per heavy atom. The summed E-state index contributed by atoms with van der Waals surface area (Å²) < 4.78 is 26.4. The van der Waals surface area contributed by atoms with Gasteiger partial charge in [-0.1, -0.05) is 6.07 Å². The molecule has 0 aliphatic carbocycles. The summed E-state index contributed by atoms with van der Waals surface area (Å²) in [6, 6.07) is 4.95. The maximum atomic E-state index is 12.5. The molecule has 1 fully saturated rings. The van der Waals surface area contributed by atoms with Crippen molar-refractivity contribution in [1.82, 2.24) is 4.31 Å². The van der Waals surface area contributed by atoms with Crippen LogP contribution in [-0.4, -0.2) is 37.0 Å². The van der Waals surface area contributed by atoms with Gasteiger partial charge in [0.2, 0.25) is 10.0 Å². The Labute approximate surface area is 114 Å². The SMILES string of the molecule is Cc1ccc(S(=O)(=O)N2CCC(C(C)O)C2)c(N)c1. The van der Waals surface area contributed by atoms with Crippen LogP contribution in [0.25, 0.3) is 0 Å². The molecular weight excluding hydrogens is 264 g/mol. The molecule has 1 aromatic rings. The van der Waals surface area contributed by atoms with Crippen LogP contribution in [0.15, 0.2) is 23.1 Å². The van der Waals surface area contributed by atoms with Crippen LogP contribution in [0.2, 0.25) is 0 Å². The lowest BCUT2D eigenvalue weighted by Crippen LogP contribution is -2.31. The summed E-state index contributed by atoms with van der Waals surface area (Å²) in [6.07, 6.45) is 0.193. The molecule has 0 radical (unpaired) electrons. The largest absolute Gasteiger partial charge is 0.398 e. The Bertz CT molecular complexity index is 569. The molecule has 5 nitrogen and oxygen atoms in total. The molecule has 0 spiro atoms. The number of nitrogens with two attached hydrogens (primary N) is 1. The fraction of sp³-hybridized carbons (Fsp3) is 0.538. The minimum atomic E-state index is -3.56. The molecule has 2 rings (SSSR count). The van der Waals surface area contributed by atoms with E-state index in [1.807, 2.05) is 6.92 Å². The number of aliphatic hydroxyl groups is 1. The van der Waals surface area contributed by atoms with Crippen LogP contribution in [0.4, 0.5) is 5.69 Å². The van der Waals surface area contributed by atoms with Gasteiger partial charge in [-0.05, 0) is 43.9 Å². The third kappa shape index (κ3) is 2.75. The van der Waals surface area contributed by atoms with Crippen molar-refractivity contribution < 1.29 is 13.5 Å². The maximum Gasteiger partial charge on any atom is 0.245 e. The predicted molar refractivity (Wildman–Crippen MR) is 74.1 cm³/mol. The van der Waals surface area contributed by atoms with Gasteiger partial charge in [0.05, 0.1) is 11.8 Å². The Kier molecular flexibility index (Phi) is 3.85. The highest BCUT2D eigenvalue weighted by Crippen LogP contribution is 2.29. The second kappa shape index (κ2) is 5.11. The minimum Gasteiger partial charge on any atom is -0.398 e. The summed E-state index contributed by atoms with van der Waals surface area (Å²) in [4.78, 5) is 0.157. The third-order valence-corrected chi connectivity index (χ3v) is 5.59. The molecule has 6 heteroatoms. The molecule has 3 N–H and O–H groups in total. The number of hydrogen-bond acceptors (Lipinski definition) is 4. The van der Waals surface area contributed by atoms with Crippen molar-refractivity contribution in [3.63, 3.8) is 0 Å². The molecule has 0 amide bonds. The van der Waals surface area contributed by atoms with E-state index in [4.69, 9.17) is 5.73 Å². The standard InChI is InChI=1S/C13H20N2O3S/c1-9-3-4-13(12(14)7-9)19(17,18)15-6-5-11(8-15)10(2)16/h3-4,7,10-11,16H,5-6,8,14H2,1-2H3. The van der Waals surface area contributed by atoms with Crippen molar-refractivity contribution >= 4 is 15.7 Å². The zero-order valence-electron chi connectivity index (χ0n) is 11.2. The van der Waals surface area contributed by atoms with E-state index in [9.17, 15) is 13.5 Å². The molecule has 1 heterocycles. The summed E-state index contributed by atoms with van der Waals surface area (Å²) in [5.74, 6) is 0.00134. The average molecular weight is 284 g/mol. The van der Waals surface area contributed by atoms with Crippen molar-refractivity contribution in [3.05, 3.63) is 23.8 Å². The number of aryl methyl sites for hydroxylation is 1. The van der Waals surface area contributed by atoms with Crippen molar-refractivity contribution in [1.29, 1.82) is 0 Å². The normalized spacial score (nSPS) is 22.6. The van der Waals surface area contributed by atoms with Gasteiger partial charge in [-0.15, -0.1) is 0 Å². The maximum absolute atomic E-state index is 12.5. The Morgan fingerprint density at radius 3 is 2.68 bits per heavy atom. The third-order valence-electron chi connectivity index (χ3n) is 3.65. The molecule has 1 aliphatic heterocycles. The van der Waals surface area contributed by atoms with Crippen LogP contribution in [0, 0.1) is 12.8 Å². The monoisotopic (exact) mass is 284 g/mol. The molecule has 19 heavy (non-hydrogen) atoms. The van der Waals surface area contributed by atoms with Gasteiger partial charge in [0, 0.05) is 13.1 Å². The molecule has 106 valence electrons. The van der Waals surface area contributed by atoms with Crippen LogP contribution in [0.1, 0.15) is 18.9 Å². The quantitative estimate of drug-likeness (QED) is 0.810. The zero-order valence-corrected chi connectivity index (χ0v) is 12.0. The van der Waals surface area contributed by atoms with Crippen LogP contribution in [-0.2, 0) is 10.0 Å². The van der Waals surface area contributed by atoms with Crippen LogP contribution in [0.3, 0.4) is 0 Å². The number of anilines is 1. The molecule has 0 saturated carbocycles. The number of nitrogen functional groups attached to an aromatic ring is 1. The van der Waals surface area contributed by atoms with E-state index in [0.717, 1.165) is 5.56 Å². The smallest absolute Gasteiger partial charge is 0.245 e.